The quantitative estimate of drug-likeness (QED) is 0.819. The van der Waals surface area contributed by atoms with Gasteiger partial charge in [0.25, 0.3) is 0 Å². The molecule has 0 saturated heterocycles. The van der Waals surface area contributed by atoms with Crippen molar-refractivity contribution in [3.8, 4) is 0 Å². The largest absolute Gasteiger partial charge is 0.396 e. The molecule has 0 aromatic heterocycles. The smallest absolute Gasteiger partial charge is 0.0434 e. The lowest BCUT2D eigenvalue weighted by atomic mass is 10.0. The fourth-order valence-corrected chi connectivity index (χ4v) is 2.60. The summed E-state index contributed by atoms with van der Waals surface area (Å²) in [5.41, 5.74) is 4.34. The summed E-state index contributed by atoms with van der Waals surface area (Å²) >= 11 is 0. The van der Waals surface area contributed by atoms with Gasteiger partial charge < -0.3 is 10.4 Å². The maximum absolute atomic E-state index is 8.90. The van der Waals surface area contributed by atoms with Crippen LogP contribution in [0.15, 0.2) is 18.2 Å². The molecule has 0 amide bonds. The van der Waals surface area contributed by atoms with E-state index in [1.165, 1.54) is 29.5 Å². The van der Waals surface area contributed by atoms with E-state index in [1.807, 2.05) is 0 Å². The van der Waals surface area contributed by atoms with Gasteiger partial charge in [-0.25, -0.2) is 0 Å². The van der Waals surface area contributed by atoms with Gasteiger partial charge in [0, 0.05) is 12.6 Å². The van der Waals surface area contributed by atoms with Crippen molar-refractivity contribution in [2.45, 2.75) is 39.2 Å². The van der Waals surface area contributed by atoms with Gasteiger partial charge in [-0.05, 0) is 49.8 Å². The standard InChI is InChI=1S/C15H23NO/c1-11-3-4-13-5-6-15(14(13)9-11)16-10-12(2)7-8-17/h3-4,9,12,15-17H,5-8,10H2,1-2H3. The number of benzene rings is 1. The van der Waals surface area contributed by atoms with Crippen LogP contribution >= 0.6 is 0 Å². The molecule has 0 spiro atoms. The Hall–Kier alpha value is -0.860. The van der Waals surface area contributed by atoms with Gasteiger partial charge in [0.2, 0.25) is 0 Å². The Morgan fingerprint density at radius 1 is 1.47 bits per heavy atom. The monoisotopic (exact) mass is 233 g/mol. The first-order chi connectivity index (χ1) is 8.20. The molecular formula is C15H23NO. The molecule has 2 unspecified atom stereocenters. The van der Waals surface area contributed by atoms with Crippen molar-refractivity contribution in [2.75, 3.05) is 13.2 Å². The minimum atomic E-state index is 0.295. The molecule has 2 N–H and O–H groups in total. The first-order valence-corrected chi connectivity index (χ1v) is 6.64. The van der Waals surface area contributed by atoms with Gasteiger partial charge >= 0.3 is 0 Å². The zero-order valence-electron chi connectivity index (χ0n) is 10.9. The summed E-state index contributed by atoms with van der Waals surface area (Å²) in [7, 11) is 0. The van der Waals surface area contributed by atoms with E-state index < -0.39 is 0 Å². The van der Waals surface area contributed by atoms with Crippen molar-refractivity contribution < 1.29 is 5.11 Å². The van der Waals surface area contributed by atoms with Crippen LogP contribution in [-0.4, -0.2) is 18.3 Å². The van der Waals surface area contributed by atoms with E-state index in [2.05, 4.69) is 37.4 Å². The predicted molar refractivity (Wildman–Crippen MR) is 71.1 cm³/mol. The van der Waals surface area contributed by atoms with Crippen LogP contribution in [-0.2, 0) is 6.42 Å². The molecule has 0 saturated carbocycles. The van der Waals surface area contributed by atoms with Crippen molar-refractivity contribution in [2.24, 2.45) is 5.92 Å². The number of aliphatic hydroxyl groups is 1. The van der Waals surface area contributed by atoms with Crippen LogP contribution in [0.25, 0.3) is 0 Å². The summed E-state index contributed by atoms with van der Waals surface area (Å²) in [6, 6.07) is 7.31. The molecule has 0 aliphatic heterocycles. The average Bonchev–Trinajstić information content (AvgIpc) is 2.69. The van der Waals surface area contributed by atoms with Crippen molar-refractivity contribution in [3.63, 3.8) is 0 Å². The summed E-state index contributed by atoms with van der Waals surface area (Å²) in [6.45, 7) is 5.64. The highest BCUT2D eigenvalue weighted by molar-refractivity contribution is 5.37. The molecular weight excluding hydrogens is 210 g/mol. The molecule has 94 valence electrons. The second kappa shape index (κ2) is 5.65. The Balaban J connectivity index is 1.95. The third-order valence-electron chi connectivity index (χ3n) is 3.71. The number of fused-ring (bicyclic) bond motifs is 1. The maximum Gasteiger partial charge on any atom is 0.0434 e. The molecule has 1 aromatic rings. The molecule has 2 atom stereocenters. The number of hydrogen-bond acceptors (Lipinski definition) is 2. The molecule has 2 rings (SSSR count). The van der Waals surface area contributed by atoms with Crippen molar-refractivity contribution >= 4 is 0 Å². The second-order valence-electron chi connectivity index (χ2n) is 5.32. The fourth-order valence-electron chi connectivity index (χ4n) is 2.60. The SMILES string of the molecule is Cc1ccc2c(c1)C(NCC(C)CCO)CC2. The Labute approximate surface area is 104 Å². The van der Waals surface area contributed by atoms with Gasteiger partial charge in [0.1, 0.15) is 0 Å². The molecule has 0 heterocycles. The second-order valence-corrected chi connectivity index (χ2v) is 5.32. The molecule has 0 radical (unpaired) electrons. The molecule has 0 bridgehead atoms. The van der Waals surface area contributed by atoms with E-state index in [0.29, 0.717) is 18.6 Å². The van der Waals surface area contributed by atoms with E-state index >= 15 is 0 Å². The Morgan fingerprint density at radius 2 is 2.29 bits per heavy atom. The van der Waals surface area contributed by atoms with E-state index in [1.54, 1.807) is 0 Å². The normalized spacial score (nSPS) is 20.3. The molecule has 2 heteroatoms. The van der Waals surface area contributed by atoms with Crippen molar-refractivity contribution in [1.29, 1.82) is 0 Å². The number of aliphatic hydroxyl groups excluding tert-OH is 1. The number of hydrogen-bond donors (Lipinski definition) is 2. The minimum absolute atomic E-state index is 0.295. The maximum atomic E-state index is 8.90. The Morgan fingerprint density at radius 3 is 3.06 bits per heavy atom. The van der Waals surface area contributed by atoms with Crippen LogP contribution in [0.5, 0.6) is 0 Å². The van der Waals surface area contributed by atoms with Crippen molar-refractivity contribution in [1.82, 2.24) is 5.32 Å². The van der Waals surface area contributed by atoms with E-state index in [9.17, 15) is 0 Å². The number of aryl methyl sites for hydroxylation is 2. The summed E-state index contributed by atoms with van der Waals surface area (Å²) in [5, 5.41) is 12.5. The summed E-state index contributed by atoms with van der Waals surface area (Å²) in [4.78, 5) is 0. The van der Waals surface area contributed by atoms with E-state index in [0.717, 1.165) is 13.0 Å². The molecule has 1 aliphatic rings. The molecule has 1 aliphatic carbocycles. The highest BCUT2D eigenvalue weighted by atomic mass is 16.3. The molecule has 0 fully saturated rings. The van der Waals surface area contributed by atoms with Crippen molar-refractivity contribution in [3.05, 3.63) is 34.9 Å². The predicted octanol–water partition coefficient (Wildman–Crippen LogP) is 2.59. The minimum Gasteiger partial charge on any atom is -0.396 e. The molecule has 17 heavy (non-hydrogen) atoms. The Kier molecular flexibility index (Phi) is 4.19. The van der Waals surface area contributed by atoms with Crippen LogP contribution in [0.2, 0.25) is 0 Å². The fraction of sp³-hybridized carbons (Fsp3) is 0.600. The van der Waals surface area contributed by atoms with Gasteiger partial charge in [0.15, 0.2) is 0 Å². The molecule has 1 aromatic carbocycles. The lowest BCUT2D eigenvalue weighted by Crippen LogP contribution is -2.25. The van der Waals surface area contributed by atoms with Crippen LogP contribution in [0.3, 0.4) is 0 Å². The van der Waals surface area contributed by atoms with Crippen LogP contribution < -0.4 is 5.32 Å². The summed E-state index contributed by atoms with van der Waals surface area (Å²) in [6.07, 6.45) is 3.30. The third-order valence-corrected chi connectivity index (χ3v) is 3.71. The zero-order chi connectivity index (χ0) is 12.3. The summed E-state index contributed by atoms with van der Waals surface area (Å²) < 4.78 is 0. The van der Waals surface area contributed by atoms with Gasteiger partial charge in [-0.1, -0.05) is 30.7 Å². The highest BCUT2D eigenvalue weighted by Gasteiger charge is 2.22. The van der Waals surface area contributed by atoms with E-state index in [4.69, 9.17) is 5.11 Å². The average molecular weight is 233 g/mol. The first kappa shape index (κ1) is 12.6. The number of rotatable bonds is 5. The van der Waals surface area contributed by atoms with Gasteiger partial charge in [-0.2, -0.15) is 0 Å². The lowest BCUT2D eigenvalue weighted by molar-refractivity contribution is 0.257. The lowest BCUT2D eigenvalue weighted by Gasteiger charge is -2.17. The zero-order valence-corrected chi connectivity index (χ0v) is 10.9. The van der Waals surface area contributed by atoms with Crippen LogP contribution in [0.4, 0.5) is 0 Å². The van der Waals surface area contributed by atoms with Gasteiger partial charge in [-0.15, -0.1) is 0 Å². The van der Waals surface area contributed by atoms with Crippen LogP contribution in [0, 0.1) is 12.8 Å². The topological polar surface area (TPSA) is 32.3 Å². The van der Waals surface area contributed by atoms with Crippen LogP contribution in [0.1, 0.15) is 42.5 Å². The third kappa shape index (κ3) is 3.08. The van der Waals surface area contributed by atoms with Gasteiger partial charge in [-0.3, -0.25) is 0 Å². The number of nitrogens with one attached hydrogen (secondary N) is 1. The van der Waals surface area contributed by atoms with Gasteiger partial charge in [0.05, 0.1) is 0 Å². The summed E-state index contributed by atoms with van der Waals surface area (Å²) in [5.74, 6) is 0.550. The first-order valence-electron chi connectivity index (χ1n) is 6.64. The highest BCUT2D eigenvalue weighted by Crippen LogP contribution is 2.31. The Bertz CT molecular complexity index is 375. The van der Waals surface area contributed by atoms with E-state index in [-0.39, 0.29) is 0 Å². The molecule has 2 nitrogen and oxygen atoms in total.